The van der Waals surface area contributed by atoms with Gasteiger partial charge in [-0.2, -0.15) is 0 Å². The number of rotatable bonds is 4. The smallest absolute Gasteiger partial charge is 0.219 e. The molecule has 2 saturated heterocycles. The minimum absolute atomic E-state index is 0.136. The Morgan fingerprint density at radius 3 is 2.30 bits per heavy atom. The number of carbonyl (C=O) groups is 1. The van der Waals surface area contributed by atoms with Crippen LogP contribution in [0.1, 0.15) is 19.8 Å². The number of aromatic nitrogens is 2. The lowest BCUT2D eigenvalue weighted by Crippen LogP contribution is -2.48. The van der Waals surface area contributed by atoms with Gasteiger partial charge < -0.3 is 20.0 Å². The number of anilines is 4. The molecule has 1 amide bonds. The van der Waals surface area contributed by atoms with Crippen LogP contribution in [0.3, 0.4) is 0 Å². The quantitative estimate of drug-likeness (QED) is 0.897. The highest BCUT2D eigenvalue weighted by molar-refractivity contribution is 5.73. The van der Waals surface area contributed by atoms with Crippen LogP contribution in [0.4, 0.5) is 23.0 Å². The first-order valence-electron chi connectivity index (χ1n) is 9.63. The van der Waals surface area contributed by atoms with Crippen molar-refractivity contribution in [3.05, 3.63) is 36.7 Å². The molecule has 4 rings (SSSR count). The minimum Gasteiger partial charge on any atom is -0.372 e. The second-order valence-corrected chi connectivity index (χ2v) is 7.12. The van der Waals surface area contributed by atoms with E-state index in [-0.39, 0.29) is 5.91 Å². The average Bonchev–Trinajstić information content (AvgIpc) is 3.24. The Morgan fingerprint density at radius 1 is 0.926 bits per heavy atom. The largest absolute Gasteiger partial charge is 0.372 e. The van der Waals surface area contributed by atoms with Crippen LogP contribution in [-0.2, 0) is 4.79 Å². The molecule has 0 spiro atoms. The van der Waals surface area contributed by atoms with Gasteiger partial charge in [-0.15, -0.1) is 0 Å². The number of piperazine rings is 1. The van der Waals surface area contributed by atoms with E-state index in [4.69, 9.17) is 0 Å². The first-order chi connectivity index (χ1) is 13.2. The zero-order valence-corrected chi connectivity index (χ0v) is 15.8. The molecule has 2 fully saturated rings. The number of nitrogens with one attached hydrogen (secondary N) is 1. The molecule has 1 N–H and O–H groups in total. The maximum atomic E-state index is 11.5. The Bertz CT molecular complexity index is 779. The normalized spacial score (nSPS) is 17.3. The third-order valence-electron chi connectivity index (χ3n) is 5.31. The number of hydrogen-bond acceptors (Lipinski definition) is 6. The van der Waals surface area contributed by atoms with Gasteiger partial charge in [0, 0.05) is 63.6 Å². The number of carbonyl (C=O) groups excluding carboxylic acids is 1. The van der Waals surface area contributed by atoms with Crippen molar-refractivity contribution in [2.24, 2.45) is 0 Å². The highest BCUT2D eigenvalue weighted by Gasteiger charge is 2.20. The van der Waals surface area contributed by atoms with Crippen molar-refractivity contribution in [3.63, 3.8) is 0 Å². The van der Waals surface area contributed by atoms with Crippen molar-refractivity contribution < 1.29 is 4.79 Å². The second-order valence-electron chi connectivity index (χ2n) is 7.12. The molecule has 1 aromatic heterocycles. The molecule has 2 aliphatic rings. The van der Waals surface area contributed by atoms with E-state index in [1.54, 1.807) is 13.3 Å². The predicted molar refractivity (Wildman–Crippen MR) is 108 cm³/mol. The van der Waals surface area contributed by atoms with E-state index in [2.05, 4.69) is 49.4 Å². The lowest BCUT2D eigenvalue weighted by molar-refractivity contribution is -0.129. The van der Waals surface area contributed by atoms with E-state index in [0.717, 1.165) is 56.6 Å². The van der Waals surface area contributed by atoms with E-state index in [1.807, 2.05) is 11.0 Å². The summed E-state index contributed by atoms with van der Waals surface area (Å²) in [5.74, 6) is 1.81. The Morgan fingerprint density at radius 2 is 1.63 bits per heavy atom. The van der Waals surface area contributed by atoms with Gasteiger partial charge in [0.25, 0.3) is 0 Å². The van der Waals surface area contributed by atoms with Gasteiger partial charge in [0.1, 0.15) is 18.0 Å². The molecule has 3 heterocycles. The molecule has 2 aromatic rings. The van der Waals surface area contributed by atoms with Gasteiger partial charge >= 0.3 is 0 Å². The van der Waals surface area contributed by atoms with E-state index in [9.17, 15) is 4.79 Å². The molecular formula is C20H26N6O. The molecule has 7 heteroatoms. The summed E-state index contributed by atoms with van der Waals surface area (Å²) in [7, 11) is 0. The molecule has 1 aromatic carbocycles. The summed E-state index contributed by atoms with van der Waals surface area (Å²) in [6.45, 7) is 6.98. The van der Waals surface area contributed by atoms with E-state index < -0.39 is 0 Å². The van der Waals surface area contributed by atoms with Gasteiger partial charge in [-0.3, -0.25) is 4.79 Å². The highest BCUT2D eigenvalue weighted by atomic mass is 16.2. The fourth-order valence-corrected chi connectivity index (χ4v) is 3.72. The fourth-order valence-electron chi connectivity index (χ4n) is 3.72. The van der Waals surface area contributed by atoms with Crippen LogP contribution in [0, 0.1) is 0 Å². The first-order valence-corrected chi connectivity index (χ1v) is 9.63. The maximum absolute atomic E-state index is 11.5. The molecule has 142 valence electrons. The van der Waals surface area contributed by atoms with E-state index in [0.29, 0.717) is 0 Å². The second kappa shape index (κ2) is 7.82. The van der Waals surface area contributed by atoms with Crippen molar-refractivity contribution in [1.82, 2.24) is 14.9 Å². The molecular weight excluding hydrogens is 340 g/mol. The monoisotopic (exact) mass is 366 g/mol. The third-order valence-corrected chi connectivity index (χ3v) is 5.31. The van der Waals surface area contributed by atoms with Gasteiger partial charge in [-0.25, -0.2) is 9.97 Å². The molecule has 0 radical (unpaired) electrons. The number of amides is 1. The molecule has 27 heavy (non-hydrogen) atoms. The third kappa shape index (κ3) is 4.13. The maximum Gasteiger partial charge on any atom is 0.219 e. The molecule has 0 unspecified atom stereocenters. The molecule has 2 aliphatic heterocycles. The van der Waals surface area contributed by atoms with Crippen molar-refractivity contribution in [3.8, 4) is 0 Å². The van der Waals surface area contributed by atoms with Gasteiger partial charge in [0.2, 0.25) is 5.91 Å². The molecule has 0 saturated carbocycles. The number of hydrogen-bond donors (Lipinski definition) is 1. The molecule has 7 nitrogen and oxygen atoms in total. The average molecular weight is 366 g/mol. The standard InChI is InChI=1S/C20H26N6O/c1-16(27)24-10-12-26(13-11-24)20-14-19(21-15-22-20)23-17-4-6-18(7-5-17)25-8-2-3-9-25/h4-7,14-15H,2-3,8-13H2,1H3,(H,21,22,23). The SMILES string of the molecule is CC(=O)N1CCN(c2cc(Nc3ccc(N4CCCC4)cc3)ncn2)CC1. The zero-order valence-electron chi connectivity index (χ0n) is 15.8. The first kappa shape index (κ1) is 17.6. The minimum atomic E-state index is 0.136. The van der Waals surface area contributed by atoms with Gasteiger partial charge in [-0.05, 0) is 37.1 Å². The zero-order chi connectivity index (χ0) is 18.6. The fraction of sp³-hybridized carbons (Fsp3) is 0.450. The summed E-state index contributed by atoms with van der Waals surface area (Å²) >= 11 is 0. The Labute approximate surface area is 160 Å². The van der Waals surface area contributed by atoms with Gasteiger partial charge in [0.05, 0.1) is 0 Å². The predicted octanol–water partition coefficient (Wildman–Crippen LogP) is 2.49. The highest BCUT2D eigenvalue weighted by Crippen LogP contribution is 2.24. The van der Waals surface area contributed by atoms with Gasteiger partial charge in [-0.1, -0.05) is 0 Å². The summed E-state index contributed by atoms with van der Waals surface area (Å²) in [6, 6.07) is 10.5. The molecule has 0 aliphatic carbocycles. The van der Waals surface area contributed by atoms with Crippen LogP contribution in [0.15, 0.2) is 36.7 Å². The summed E-state index contributed by atoms with van der Waals surface area (Å²) < 4.78 is 0. The summed E-state index contributed by atoms with van der Waals surface area (Å²) in [5.41, 5.74) is 2.30. The van der Waals surface area contributed by atoms with Crippen LogP contribution in [0.25, 0.3) is 0 Å². The summed E-state index contributed by atoms with van der Waals surface area (Å²) in [4.78, 5) is 26.7. The summed E-state index contributed by atoms with van der Waals surface area (Å²) in [6.07, 6.45) is 4.16. The lowest BCUT2D eigenvalue weighted by atomic mass is 10.2. The Hall–Kier alpha value is -2.83. The molecule has 0 atom stereocenters. The lowest BCUT2D eigenvalue weighted by Gasteiger charge is -2.34. The van der Waals surface area contributed by atoms with Crippen LogP contribution in [0.5, 0.6) is 0 Å². The van der Waals surface area contributed by atoms with E-state index >= 15 is 0 Å². The van der Waals surface area contributed by atoms with Crippen molar-refractivity contribution in [2.45, 2.75) is 19.8 Å². The van der Waals surface area contributed by atoms with Crippen molar-refractivity contribution >= 4 is 28.9 Å². The van der Waals surface area contributed by atoms with Crippen molar-refractivity contribution in [1.29, 1.82) is 0 Å². The van der Waals surface area contributed by atoms with Crippen LogP contribution in [0.2, 0.25) is 0 Å². The van der Waals surface area contributed by atoms with Crippen LogP contribution in [-0.4, -0.2) is 60.0 Å². The van der Waals surface area contributed by atoms with Crippen LogP contribution >= 0.6 is 0 Å². The Balaban J connectivity index is 1.40. The topological polar surface area (TPSA) is 64.6 Å². The number of benzene rings is 1. The Kier molecular flexibility index (Phi) is 5.09. The summed E-state index contributed by atoms with van der Waals surface area (Å²) in [5, 5.41) is 3.37. The molecule has 0 bridgehead atoms. The van der Waals surface area contributed by atoms with E-state index in [1.165, 1.54) is 18.5 Å². The van der Waals surface area contributed by atoms with Crippen LogP contribution < -0.4 is 15.1 Å². The van der Waals surface area contributed by atoms with Gasteiger partial charge in [0.15, 0.2) is 0 Å². The van der Waals surface area contributed by atoms with Crippen molar-refractivity contribution in [2.75, 3.05) is 54.4 Å². The number of nitrogens with zero attached hydrogens (tertiary/aromatic N) is 5.